The second kappa shape index (κ2) is 7.11. The molecule has 1 heterocycles. The number of nitrogens with zero attached hydrogens (tertiary/aromatic N) is 1. The van der Waals surface area contributed by atoms with Gasteiger partial charge in [-0.25, -0.2) is 4.99 Å². The number of fused-ring (bicyclic) bond motifs is 1. The van der Waals surface area contributed by atoms with Crippen molar-refractivity contribution in [1.82, 2.24) is 0 Å². The number of hydrogen-bond donors (Lipinski definition) is 0. The largest absolute Gasteiger partial charge is 0.576 e. The molecule has 0 radical (unpaired) electrons. The summed E-state index contributed by atoms with van der Waals surface area (Å²) >= 11 is -0.688. The Balaban J connectivity index is 1.99. The van der Waals surface area contributed by atoms with Gasteiger partial charge in [0, 0.05) is 11.0 Å². The Hall–Kier alpha value is -2.60. The van der Waals surface area contributed by atoms with Gasteiger partial charge in [-0.05, 0) is 30.3 Å². The third kappa shape index (κ3) is 3.44. The predicted octanol–water partition coefficient (Wildman–Crippen LogP) is 0.867. The van der Waals surface area contributed by atoms with E-state index in [1.54, 1.807) is 0 Å². The van der Waals surface area contributed by atoms with Crippen molar-refractivity contribution in [3.8, 4) is 5.95 Å². The average Bonchev–Trinajstić information content (AvgIpc) is 2.66. The molecule has 0 saturated carbocycles. The molecule has 0 aliphatic heterocycles. The van der Waals surface area contributed by atoms with Crippen molar-refractivity contribution in [3.05, 3.63) is 97.4 Å². The lowest BCUT2D eigenvalue weighted by Gasteiger charge is -2.08. The Bertz CT molecular complexity index is 1070. The normalized spacial score (nSPS) is 11.8. The summed E-state index contributed by atoms with van der Waals surface area (Å²) in [7, 11) is 0. The summed E-state index contributed by atoms with van der Waals surface area (Å²) in [4.78, 5) is 4.79. The van der Waals surface area contributed by atoms with Crippen LogP contribution in [0.1, 0.15) is 0 Å². The first-order valence-electron chi connectivity index (χ1n) is 7.84. The third-order valence-corrected chi connectivity index (χ3v) is 6.50. The van der Waals surface area contributed by atoms with Crippen LogP contribution in [0.3, 0.4) is 0 Å². The fourth-order valence-corrected chi connectivity index (χ4v) is 4.92. The molecule has 3 nitrogen and oxygen atoms in total. The van der Waals surface area contributed by atoms with Crippen LogP contribution in [0, 0.1) is 7.14 Å². The Morgan fingerprint density at radius 3 is 2.16 bits per heavy atom. The van der Waals surface area contributed by atoms with Gasteiger partial charge in [-0.2, -0.15) is 0 Å². The Kier molecular flexibility index (Phi) is 4.52. The summed E-state index contributed by atoms with van der Waals surface area (Å²) in [6.45, 7) is 0. The average molecular weight is 439 g/mol. The fourth-order valence-electron chi connectivity index (χ4n) is 2.52. The lowest BCUT2D eigenvalue weighted by molar-refractivity contribution is -0.607. The van der Waals surface area contributed by atoms with Crippen molar-refractivity contribution >= 4 is 16.7 Å². The van der Waals surface area contributed by atoms with Gasteiger partial charge in [0.1, 0.15) is 11.3 Å². The van der Waals surface area contributed by atoms with Crippen LogP contribution in [-0.2, 0) is 0 Å². The van der Waals surface area contributed by atoms with E-state index in [9.17, 15) is 5.11 Å². The molecule has 122 valence electrons. The van der Waals surface area contributed by atoms with Gasteiger partial charge < -0.3 is 9.52 Å². The highest BCUT2D eigenvalue weighted by atomic mass is 127. The van der Waals surface area contributed by atoms with Gasteiger partial charge in [-0.3, -0.25) is 0 Å². The monoisotopic (exact) mass is 439 g/mol. The predicted molar refractivity (Wildman–Crippen MR) is 91.2 cm³/mol. The maximum Gasteiger partial charge on any atom is 0.362 e. The van der Waals surface area contributed by atoms with Crippen LogP contribution in [0.25, 0.3) is 11.0 Å². The highest BCUT2D eigenvalue weighted by Gasteiger charge is 2.22. The van der Waals surface area contributed by atoms with Gasteiger partial charge in [-0.15, -0.1) is 0 Å². The zero-order chi connectivity index (χ0) is 17.1. The van der Waals surface area contributed by atoms with Crippen LogP contribution in [0.4, 0.5) is 5.69 Å². The van der Waals surface area contributed by atoms with Gasteiger partial charge in [-0.1, -0.05) is 54.6 Å². The minimum atomic E-state index is -0.688. The van der Waals surface area contributed by atoms with Crippen molar-refractivity contribution in [3.63, 3.8) is 0 Å². The lowest BCUT2D eigenvalue weighted by atomic mass is 10.2. The third-order valence-electron chi connectivity index (χ3n) is 3.67. The molecule has 0 amide bonds. The van der Waals surface area contributed by atoms with E-state index in [0.29, 0.717) is 9.15 Å². The van der Waals surface area contributed by atoms with E-state index in [0.717, 1.165) is 20.0 Å². The summed E-state index contributed by atoms with van der Waals surface area (Å²) in [5.41, 5.74) is 1.40. The minimum absolute atomic E-state index is 0.287. The smallest absolute Gasteiger partial charge is 0.362 e. The van der Waals surface area contributed by atoms with E-state index < -0.39 is 21.2 Å². The highest BCUT2D eigenvalue weighted by molar-refractivity contribution is 5.76. The zero-order valence-corrected chi connectivity index (χ0v) is 15.4. The van der Waals surface area contributed by atoms with E-state index in [-0.39, 0.29) is 5.95 Å². The Morgan fingerprint density at radius 1 is 0.760 bits per heavy atom. The van der Waals surface area contributed by atoms with Crippen LogP contribution >= 0.6 is 0 Å². The van der Waals surface area contributed by atoms with E-state index in [2.05, 4.69) is 0 Å². The second-order valence-corrected chi connectivity index (χ2v) is 8.25. The summed E-state index contributed by atoms with van der Waals surface area (Å²) in [6, 6.07) is 27.3. The van der Waals surface area contributed by atoms with E-state index >= 15 is 0 Å². The van der Waals surface area contributed by atoms with Crippen LogP contribution in [0.2, 0.25) is 0 Å². The Labute approximate surface area is 155 Å². The molecule has 4 aromatic rings. The SMILES string of the molecule is [O-]c1oc2ccccc2c(=Nc2ccccc2)c1[I+]c1ccccc1. The van der Waals surface area contributed by atoms with Crippen molar-refractivity contribution < 1.29 is 30.7 Å². The standard InChI is InChI=1S/C21H14INO2/c24-21-19(22-15-9-3-1-4-10-15)20(23-16-11-5-2-6-12-16)17-13-7-8-14-18(17)25-21/h1-14H. The van der Waals surface area contributed by atoms with Crippen LogP contribution in [0.5, 0.6) is 5.95 Å². The molecule has 0 saturated heterocycles. The minimum Gasteiger partial charge on any atom is -0.576 e. The maximum atomic E-state index is 12.6. The topological polar surface area (TPSA) is 48.6 Å². The van der Waals surface area contributed by atoms with Gasteiger partial charge in [0.15, 0.2) is 3.57 Å². The molecule has 1 aromatic heterocycles. The van der Waals surface area contributed by atoms with Crippen LogP contribution in [-0.4, -0.2) is 0 Å². The van der Waals surface area contributed by atoms with Gasteiger partial charge in [0.2, 0.25) is 3.57 Å². The number of benzene rings is 3. The molecule has 0 spiro atoms. The molecule has 25 heavy (non-hydrogen) atoms. The van der Waals surface area contributed by atoms with Crippen LogP contribution in [0.15, 0.2) is 94.3 Å². The summed E-state index contributed by atoms with van der Waals surface area (Å²) in [6.07, 6.45) is 0. The molecule has 4 rings (SSSR count). The first-order chi connectivity index (χ1) is 12.3. The molecule has 3 aromatic carbocycles. The molecule has 0 unspecified atom stereocenters. The Morgan fingerprint density at radius 2 is 1.40 bits per heavy atom. The van der Waals surface area contributed by atoms with Crippen molar-refractivity contribution in [2.24, 2.45) is 4.99 Å². The lowest BCUT2D eigenvalue weighted by Crippen LogP contribution is -3.62. The number of rotatable bonds is 3. The summed E-state index contributed by atoms with van der Waals surface area (Å²) in [5.74, 6) is -0.287. The molecule has 0 aliphatic rings. The van der Waals surface area contributed by atoms with Gasteiger partial charge in [0.25, 0.3) is 0 Å². The summed E-state index contributed by atoms with van der Waals surface area (Å²) in [5, 5.41) is 14.3. The molecule has 0 fully saturated rings. The first kappa shape index (κ1) is 15.9. The molecule has 0 bridgehead atoms. The molecule has 0 aliphatic carbocycles. The quantitative estimate of drug-likeness (QED) is 0.445. The number of halogens is 1. The second-order valence-electron chi connectivity index (χ2n) is 5.39. The van der Waals surface area contributed by atoms with E-state index in [1.165, 1.54) is 0 Å². The summed E-state index contributed by atoms with van der Waals surface area (Å²) < 4.78 is 7.40. The fraction of sp³-hybridized carbons (Fsp3) is 0. The van der Waals surface area contributed by atoms with Crippen molar-refractivity contribution in [2.75, 3.05) is 0 Å². The van der Waals surface area contributed by atoms with Crippen molar-refractivity contribution in [2.45, 2.75) is 0 Å². The number of hydrogen-bond acceptors (Lipinski definition) is 3. The van der Waals surface area contributed by atoms with E-state index in [4.69, 9.17) is 9.41 Å². The molecular weight excluding hydrogens is 425 g/mol. The molecule has 0 atom stereocenters. The molecule has 0 N–H and O–H groups in total. The molecular formula is C21H14INO2. The maximum absolute atomic E-state index is 12.6. The number of para-hydroxylation sites is 2. The van der Waals surface area contributed by atoms with Gasteiger partial charge in [0.05, 0.1) is 5.69 Å². The molecule has 4 heteroatoms. The van der Waals surface area contributed by atoms with Crippen molar-refractivity contribution in [1.29, 1.82) is 0 Å². The van der Waals surface area contributed by atoms with E-state index in [1.807, 2.05) is 84.9 Å². The highest BCUT2D eigenvalue weighted by Crippen LogP contribution is 2.16. The van der Waals surface area contributed by atoms with Crippen LogP contribution < -0.4 is 31.7 Å². The first-order valence-corrected chi connectivity index (χ1v) is 9.99. The van der Waals surface area contributed by atoms with Gasteiger partial charge >= 0.3 is 21.2 Å². The zero-order valence-electron chi connectivity index (χ0n) is 13.2.